The van der Waals surface area contributed by atoms with Gasteiger partial charge in [-0.25, -0.2) is 0 Å². The van der Waals surface area contributed by atoms with Gasteiger partial charge in [0.1, 0.15) is 11.8 Å². The van der Waals surface area contributed by atoms with E-state index in [-0.39, 0.29) is 18.2 Å². The van der Waals surface area contributed by atoms with E-state index in [1.807, 2.05) is 0 Å². The summed E-state index contributed by atoms with van der Waals surface area (Å²) in [5.41, 5.74) is 1.01. The van der Waals surface area contributed by atoms with Crippen molar-refractivity contribution < 1.29 is 32.6 Å². The molecule has 196 valence electrons. The van der Waals surface area contributed by atoms with Gasteiger partial charge < -0.3 is 25.8 Å². The van der Waals surface area contributed by atoms with Crippen molar-refractivity contribution in [3.63, 3.8) is 0 Å². The fraction of sp³-hybridized carbons (Fsp3) is 0.462. The molecule has 1 aliphatic rings. The van der Waals surface area contributed by atoms with Gasteiger partial charge in [-0.2, -0.15) is 0 Å². The van der Waals surface area contributed by atoms with Crippen molar-refractivity contribution in [1.82, 2.24) is 10.6 Å². The molecule has 2 atom stereocenters. The molecule has 0 radical (unpaired) electrons. The van der Waals surface area contributed by atoms with Crippen LogP contribution in [-0.2, 0) is 9.59 Å². The van der Waals surface area contributed by atoms with Crippen molar-refractivity contribution in [1.29, 1.82) is 0 Å². The highest BCUT2D eigenvalue weighted by Crippen LogP contribution is 2.28. The fourth-order valence-corrected chi connectivity index (χ4v) is 4.32. The van der Waals surface area contributed by atoms with Gasteiger partial charge in [-0.05, 0) is 42.2 Å². The van der Waals surface area contributed by atoms with E-state index in [0.717, 1.165) is 25.7 Å². The molecule has 1 saturated carbocycles. The number of ether oxygens (including phenoxy) is 1. The molecule has 2 amide bonds. The second-order valence-electron chi connectivity index (χ2n) is 8.90. The van der Waals surface area contributed by atoms with E-state index in [1.54, 1.807) is 30.3 Å². The molecule has 0 spiro atoms. The molecule has 36 heavy (non-hydrogen) atoms. The van der Waals surface area contributed by atoms with E-state index in [0.29, 0.717) is 30.1 Å². The lowest BCUT2D eigenvalue weighted by atomic mass is 9.84. The molecule has 10 heteroatoms. The Labute approximate surface area is 208 Å². The molecule has 3 rings (SSSR count). The number of nitrogens with one attached hydrogen (secondary N) is 3. The molecule has 1 aliphatic carbocycles. The number of aliphatic hydroxyl groups is 1. The molecule has 0 saturated heterocycles. The minimum absolute atomic E-state index is 0.234. The van der Waals surface area contributed by atoms with Crippen molar-refractivity contribution in [2.24, 2.45) is 5.92 Å². The second-order valence-corrected chi connectivity index (χ2v) is 8.90. The molecule has 2 aromatic carbocycles. The molecule has 1 fully saturated rings. The van der Waals surface area contributed by atoms with Crippen molar-refractivity contribution in [3.05, 3.63) is 60.2 Å². The quantitative estimate of drug-likeness (QED) is 0.340. The Kier molecular flexibility index (Phi) is 9.98. The number of amides is 2. The van der Waals surface area contributed by atoms with Gasteiger partial charge in [0.05, 0.1) is 0 Å². The normalized spacial score (nSPS) is 16.0. The number of hydrogen-bond acceptors (Lipinski definition) is 5. The third-order valence-corrected chi connectivity index (χ3v) is 6.13. The molecule has 0 aromatic heterocycles. The predicted octanol–water partition coefficient (Wildman–Crippen LogP) is 4.30. The predicted molar refractivity (Wildman–Crippen MR) is 129 cm³/mol. The summed E-state index contributed by atoms with van der Waals surface area (Å²) in [6.07, 6.45) is -0.285. The number of anilines is 1. The molecule has 0 aliphatic heterocycles. The first-order valence-electron chi connectivity index (χ1n) is 12.1. The van der Waals surface area contributed by atoms with Crippen LogP contribution in [0.1, 0.15) is 50.2 Å². The van der Waals surface area contributed by atoms with Crippen LogP contribution >= 0.6 is 0 Å². The van der Waals surface area contributed by atoms with Gasteiger partial charge in [0.25, 0.3) is 5.91 Å². The zero-order valence-corrected chi connectivity index (χ0v) is 19.9. The van der Waals surface area contributed by atoms with Gasteiger partial charge in [-0.15, -0.1) is 13.2 Å². The third-order valence-electron chi connectivity index (χ3n) is 6.13. The van der Waals surface area contributed by atoms with Gasteiger partial charge >= 0.3 is 6.36 Å². The van der Waals surface area contributed by atoms with Crippen molar-refractivity contribution >= 4 is 17.5 Å². The average Bonchev–Trinajstić information content (AvgIpc) is 2.86. The zero-order chi connectivity index (χ0) is 26.0. The molecule has 0 bridgehead atoms. The third kappa shape index (κ3) is 9.07. The van der Waals surface area contributed by atoms with Crippen molar-refractivity contribution in [3.8, 4) is 5.75 Å². The Balaban J connectivity index is 1.51. The highest BCUT2D eigenvalue weighted by atomic mass is 19.4. The summed E-state index contributed by atoms with van der Waals surface area (Å²) in [7, 11) is 0. The maximum Gasteiger partial charge on any atom is 0.573 e. The number of aliphatic hydroxyl groups excluding tert-OH is 1. The summed E-state index contributed by atoms with van der Waals surface area (Å²) in [4.78, 5) is 25.6. The maximum absolute atomic E-state index is 12.9. The number of rotatable bonds is 11. The van der Waals surface area contributed by atoms with Crippen LogP contribution < -0.4 is 20.7 Å². The van der Waals surface area contributed by atoms with Crippen LogP contribution in [0.5, 0.6) is 5.75 Å². The SMILES string of the molecule is O=C(NCCNc1ccc(OC(F)(F)F)cc1)[C@H](CC1CCCCC1)NC(=O)[C@@H](O)c1ccccc1. The Morgan fingerprint density at radius 3 is 2.25 bits per heavy atom. The average molecular weight is 508 g/mol. The van der Waals surface area contributed by atoms with Crippen LogP contribution in [0.2, 0.25) is 0 Å². The lowest BCUT2D eigenvalue weighted by Gasteiger charge is -2.27. The first-order valence-corrected chi connectivity index (χ1v) is 12.1. The standard InChI is InChI=1S/C26H32F3N3O4/c27-26(28,29)36-21-13-11-20(12-14-21)30-15-16-31-24(34)22(17-18-7-3-1-4-8-18)32-25(35)23(33)19-9-5-2-6-10-19/h2,5-6,9-14,18,22-23,30,33H,1,3-4,7-8,15-17H2,(H,31,34)(H,32,35)/t22-,23-/m0/s1. The summed E-state index contributed by atoms with van der Waals surface area (Å²) >= 11 is 0. The van der Waals surface area contributed by atoms with Crippen LogP contribution in [0.25, 0.3) is 0 Å². The largest absolute Gasteiger partial charge is 0.573 e. The van der Waals surface area contributed by atoms with Crippen LogP contribution in [0.3, 0.4) is 0 Å². The molecule has 4 N–H and O–H groups in total. The topological polar surface area (TPSA) is 99.7 Å². The van der Waals surface area contributed by atoms with Gasteiger partial charge in [-0.3, -0.25) is 9.59 Å². The molecular weight excluding hydrogens is 475 g/mol. The van der Waals surface area contributed by atoms with Gasteiger partial charge in [0.2, 0.25) is 5.91 Å². The van der Waals surface area contributed by atoms with Gasteiger partial charge in [0, 0.05) is 18.8 Å². The van der Waals surface area contributed by atoms with E-state index in [9.17, 15) is 27.9 Å². The smallest absolute Gasteiger partial charge is 0.406 e. The summed E-state index contributed by atoms with van der Waals surface area (Å²) < 4.78 is 40.7. The number of halogens is 3. The van der Waals surface area contributed by atoms with E-state index >= 15 is 0 Å². The first-order chi connectivity index (χ1) is 17.2. The highest BCUT2D eigenvalue weighted by molar-refractivity contribution is 5.89. The second kappa shape index (κ2) is 13.2. The van der Waals surface area contributed by atoms with E-state index in [4.69, 9.17) is 0 Å². The number of carbonyl (C=O) groups excluding carboxylic acids is 2. The Bertz CT molecular complexity index is 965. The van der Waals surface area contributed by atoms with Crippen molar-refractivity contribution in [2.75, 3.05) is 18.4 Å². The Hall–Kier alpha value is -3.27. The van der Waals surface area contributed by atoms with Crippen LogP contribution in [0.4, 0.5) is 18.9 Å². The maximum atomic E-state index is 12.9. The molecule has 0 unspecified atom stereocenters. The van der Waals surface area contributed by atoms with Gasteiger partial charge in [-0.1, -0.05) is 62.4 Å². The lowest BCUT2D eigenvalue weighted by molar-refractivity contribution is -0.274. The highest BCUT2D eigenvalue weighted by Gasteiger charge is 2.31. The Morgan fingerprint density at radius 1 is 0.944 bits per heavy atom. The number of benzene rings is 2. The number of hydrogen-bond donors (Lipinski definition) is 4. The summed E-state index contributed by atoms with van der Waals surface area (Å²) in [5, 5.41) is 19.0. The fourth-order valence-electron chi connectivity index (χ4n) is 4.32. The molecular formula is C26H32F3N3O4. The number of carbonyl (C=O) groups is 2. The zero-order valence-electron chi connectivity index (χ0n) is 19.9. The lowest BCUT2D eigenvalue weighted by Crippen LogP contribution is -2.49. The van der Waals surface area contributed by atoms with Crippen LogP contribution in [0.15, 0.2) is 54.6 Å². The first kappa shape index (κ1) is 27.3. The minimum Gasteiger partial charge on any atom is -0.406 e. The summed E-state index contributed by atoms with van der Waals surface area (Å²) in [5.74, 6) is -0.971. The van der Waals surface area contributed by atoms with Gasteiger partial charge in [0.15, 0.2) is 6.10 Å². The van der Waals surface area contributed by atoms with E-state index in [1.165, 1.54) is 30.7 Å². The molecule has 2 aromatic rings. The number of alkyl halides is 3. The molecule has 0 heterocycles. The molecule has 7 nitrogen and oxygen atoms in total. The Morgan fingerprint density at radius 2 is 1.61 bits per heavy atom. The summed E-state index contributed by atoms with van der Waals surface area (Å²) in [6.45, 7) is 0.555. The van der Waals surface area contributed by atoms with E-state index < -0.39 is 24.4 Å². The monoisotopic (exact) mass is 507 g/mol. The van der Waals surface area contributed by atoms with Crippen molar-refractivity contribution in [2.45, 2.75) is 57.0 Å². The van der Waals surface area contributed by atoms with Crippen LogP contribution in [0, 0.1) is 5.92 Å². The van der Waals surface area contributed by atoms with E-state index in [2.05, 4.69) is 20.7 Å². The van der Waals surface area contributed by atoms with Crippen LogP contribution in [-0.4, -0.2) is 42.4 Å². The minimum atomic E-state index is -4.75. The summed E-state index contributed by atoms with van der Waals surface area (Å²) in [6, 6.07) is 13.0.